The summed E-state index contributed by atoms with van der Waals surface area (Å²) >= 11 is 3.27. The van der Waals surface area contributed by atoms with Gasteiger partial charge in [0.2, 0.25) is 20.0 Å². The van der Waals surface area contributed by atoms with Crippen LogP contribution in [0.1, 0.15) is 0 Å². The Kier molecular flexibility index (Phi) is 4.18. The standard InChI is InChI=1S/C12H13BrN2O4S2/c1-20(16,17)14-11-7-10(13)12(15-21(2,18)19)9-6-4-3-5-8(9)11/h3-7,14-15H,1-2H3. The van der Waals surface area contributed by atoms with Crippen molar-refractivity contribution in [3.63, 3.8) is 0 Å². The number of hydrogen-bond donors (Lipinski definition) is 2. The van der Waals surface area contributed by atoms with Gasteiger partial charge < -0.3 is 0 Å². The molecule has 2 N–H and O–H groups in total. The van der Waals surface area contributed by atoms with Crippen molar-refractivity contribution in [2.45, 2.75) is 0 Å². The molecule has 0 bridgehead atoms. The Morgan fingerprint density at radius 2 is 1.43 bits per heavy atom. The third-order valence-electron chi connectivity index (χ3n) is 2.58. The minimum atomic E-state index is -3.46. The average molecular weight is 393 g/mol. The third kappa shape index (κ3) is 4.08. The molecule has 0 aliphatic carbocycles. The number of benzene rings is 2. The van der Waals surface area contributed by atoms with Crippen LogP contribution in [0.5, 0.6) is 0 Å². The molecule has 0 saturated heterocycles. The summed E-state index contributed by atoms with van der Waals surface area (Å²) in [4.78, 5) is 0. The smallest absolute Gasteiger partial charge is 0.229 e. The number of sulfonamides is 2. The monoisotopic (exact) mass is 392 g/mol. The van der Waals surface area contributed by atoms with Crippen LogP contribution in [0.3, 0.4) is 0 Å². The van der Waals surface area contributed by atoms with Crippen molar-refractivity contribution in [2.24, 2.45) is 0 Å². The minimum absolute atomic E-state index is 0.368. The number of nitrogens with one attached hydrogen (secondary N) is 2. The summed E-state index contributed by atoms with van der Waals surface area (Å²) in [6, 6.07) is 8.43. The van der Waals surface area contributed by atoms with Gasteiger partial charge in [-0.05, 0) is 22.0 Å². The molecule has 0 heterocycles. The number of anilines is 2. The predicted octanol–water partition coefficient (Wildman–Crippen LogP) is 2.35. The zero-order chi connectivity index (χ0) is 15.8. The summed E-state index contributed by atoms with van der Waals surface area (Å²) in [5.74, 6) is 0. The lowest BCUT2D eigenvalue weighted by Crippen LogP contribution is -2.12. The molecule has 0 amide bonds. The van der Waals surface area contributed by atoms with Crippen LogP contribution < -0.4 is 9.44 Å². The van der Waals surface area contributed by atoms with Gasteiger partial charge in [0.15, 0.2) is 0 Å². The van der Waals surface area contributed by atoms with Crippen molar-refractivity contribution in [1.29, 1.82) is 0 Å². The summed E-state index contributed by atoms with van der Waals surface area (Å²) < 4.78 is 51.1. The van der Waals surface area contributed by atoms with Crippen molar-refractivity contribution in [3.05, 3.63) is 34.8 Å². The first-order valence-corrected chi connectivity index (χ1v) is 10.3. The normalized spacial score (nSPS) is 12.3. The zero-order valence-corrected chi connectivity index (χ0v) is 14.4. The van der Waals surface area contributed by atoms with Crippen LogP contribution in [0.15, 0.2) is 34.8 Å². The van der Waals surface area contributed by atoms with E-state index in [0.29, 0.717) is 26.6 Å². The molecule has 21 heavy (non-hydrogen) atoms. The zero-order valence-electron chi connectivity index (χ0n) is 11.2. The van der Waals surface area contributed by atoms with E-state index in [1.54, 1.807) is 24.3 Å². The highest BCUT2D eigenvalue weighted by molar-refractivity contribution is 9.10. The number of halogens is 1. The summed E-state index contributed by atoms with van der Waals surface area (Å²) in [5.41, 5.74) is 0.742. The van der Waals surface area contributed by atoms with Gasteiger partial charge in [0, 0.05) is 15.2 Å². The second kappa shape index (κ2) is 5.47. The van der Waals surface area contributed by atoms with E-state index in [0.717, 1.165) is 12.5 Å². The molecule has 6 nitrogen and oxygen atoms in total. The van der Waals surface area contributed by atoms with E-state index in [1.807, 2.05) is 0 Å². The summed E-state index contributed by atoms with van der Waals surface area (Å²) in [7, 11) is -6.90. The maximum atomic E-state index is 11.5. The molecule has 0 spiro atoms. The maximum absolute atomic E-state index is 11.5. The van der Waals surface area contributed by atoms with Gasteiger partial charge in [-0.2, -0.15) is 0 Å². The van der Waals surface area contributed by atoms with Crippen molar-refractivity contribution in [3.8, 4) is 0 Å². The molecule has 0 aliphatic rings. The lowest BCUT2D eigenvalue weighted by Gasteiger charge is -2.15. The van der Waals surface area contributed by atoms with Gasteiger partial charge in [0.1, 0.15) is 0 Å². The first-order chi connectivity index (χ1) is 9.57. The van der Waals surface area contributed by atoms with E-state index < -0.39 is 20.0 Å². The van der Waals surface area contributed by atoms with Crippen molar-refractivity contribution in [2.75, 3.05) is 22.0 Å². The van der Waals surface area contributed by atoms with Gasteiger partial charge in [-0.15, -0.1) is 0 Å². The second-order valence-corrected chi connectivity index (χ2v) is 8.93. The minimum Gasteiger partial charge on any atom is -0.283 e. The van der Waals surface area contributed by atoms with Crippen LogP contribution in [0.2, 0.25) is 0 Å². The Bertz CT molecular complexity index is 908. The Labute approximate surface area is 131 Å². The molecule has 0 saturated carbocycles. The molecular weight excluding hydrogens is 380 g/mol. The molecule has 0 atom stereocenters. The number of fused-ring (bicyclic) bond motifs is 1. The highest BCUT2D eigenvalue weighted by Gasteiger charge is 2.15. The second-order valence-electron chi connectivity index (χ2n) is 4.57. The topological polar surface area (TPSA) is 92.3 Å². The lowest BCUT2D eigenvalue weighted by atomic mass is 10.1. The van der Waals surface area contributed by atoms with Gasteiger partial charge in [-0.25, -0.2) is 16.8 Å². The molecule has 0 aliphatic heterocycles. The first-order valence-electron chi connectivity index (χ1n) is 5.74. The van der Waals surface area contributed by atoms with Crippen LogP contribution in [0.25, 0.3) is 10.8 Å². The van der Waals surface area contributed by atoms with Crippen molar-refractivity contribution < 1.29 is 16.8 Å². The van der Waals surface area contributed by atoms with E-state index in [4.69, 9.17) is 0 Å². The fraction of sp³-hybridized carbons (Fsp3) is 0.167. The molecule has 9 heteroatoms. The molecule has 2 aromatic carbocycles. The fourth-order valence-corrected chi connectivity index (χ4v) is 3.75. The number of rotatable bonds is 4. The quantitative estimate of drug-likeness (QED) is 0.834. The Morgan fingerprint density at radius 1 is 0.905 bits per heavy atom. The fourth-order valence-electron chi connectivity index (χ4n) is 1.91. The van der Waals surface area contributed by atoms with Gasteiger partial charge in [0.05, 0.1) is 23.9 Å². The Hall–Kier alpha value is -1.32. The van der Waals surface area contributed by atoms with Gasteiger partial charge in [-0.1, -0.05) is 24.3 Å². The summed E-state index contributed by atoms with van der Waals surface area (Å²) in [6.45, 7) is 0. The van der Waals surface area contributed by atoms with Gasteiger partial charge in [-0.3, -0.25) is 9.44 Å². The van der Waals surface area contributed by atoms with Crippen LogP contribution in [0.4, 0.5) is 11.4 Å². The molecule has 0 unspecified atom stereocenters. The Morgan fingerprint density at radius 3 is 1.95 bits per heavy atom. The van der Waals surface area contributed by atoms with E-state index in [9.17, 15) is 16.8 Å². The molecule has 2 rings (SSSR count). The molecular formula is C12H13BrN2O4S2. The van der Waals surface area contributed by atoms with E-state index >= 15 is 0 Å². The molecule has 114 valence electrons. The summed E-state index contributed by atoms with van der Waals surface area (Å²) in [5, 5.41) is 1.18. The van der Waals surface area contributed by atoms with Gasteiger partial charge in [0.25, 0.3) is 0 Å². The highest BCUT2D eigenvalue weighted by atomic mass is 79.9. The lowest BCUT2D eigenvalue weighted by molar-refractivity contribution is 0.605. The first kappa shape index (κ1) is 16.1. The number of hydrogen-bond acceptors (Lipinski definition) is 4. The molecule has 0 fully saturated rings. The van der Waals surface area contributed by atoms with Crippen molar-refractivity contribution >= 4 is 58.1 Å². The van der Waals surface area contributed by atoms with Crippen LogP contribution >= 0.6 is 15.9 Å². The van der Waals surface area contributed by atoms with Crippen molar-refractivity contribution in [1.82, 2.24) is 0 Å². The Balaban J connectivity index is 2.75. The van der Waals surface area contributed by atoms with E-state index in [2.05, 4.69) is 25.4 Å². The average Bonchev–Trinajstić information content (AvgIpc) is 2.31. The van der Waals surface area contributed by atoms with Gasteiger partial charge >= 0.3 is 0 Å². The molecule has 0 radical (unpaired) electrons. The van der Waals surface area contributed by atoms with Crippen LogP contribution in [-0.4, -0.2) is 29.3 Å². The largest absolute Gasteiger partial charge is 0.283 e. The highest BCUT2D eigenvalue weighted by Crippen LogP contribution is 2.37. The predicted molar refractivity (Wildman–Crippen MR) is 88.6 cm³/mol. The maximum Gasteiger partial charge on any atom is 0.229 e. The van der Waals surface area contributed by atoms with Crippen LogP contribution in [-0.2, 0) is 20.0 Å². The molecule has 2 aromatic rings. The van der Waals surface area contributed by atoms with E-state index in [1.165, 1.54) is 6.07 Å². The summed E-state index contributed by atoms with van der Waals surface area (Å²) in [6.07, 6.45) is 2.11. The SMILES string of the molecule is CS(=O)(=O)Nc1cc(Br)c(NS(C)(=O)=O)c2ccccc12. The van der Waals surface area contributed by atoms with E-state index in [-0.39, 0.29) is 0 Å². The van der Waals surface area contributed by atoms with Crippen LogP contribution in [0, 0.1) is 0 Å². The third-order valence-corrected chi connectivity index (χ3v) is 4.37. The molecule has 0 aromatic heterocycles.